The van der Waals surface area contributed by atoms with Gasteiger partial charge < -0.3 is 14.2 Å². The average Bonchev–Trinajstić information content (AvgIpc) is 2.72. The van der Waals surface area contributed by atoms with Crippen molar-refractivity contribution in [3.63, 3.8) is 0 Å². The van der Waals surface area contributed by atoms with E-state index in [1.165, 1.54) is 23.9 Å². The third kappa shape index (κ3) is 7.22. The predicted octanol–water partition coefficient (Wildman–Crippen LogP) is 5.69. The normalized spacial score (nSPS) is 11.2. The molecular weight excluding hydrogens is 452 g/mol. The van der Waals surface area contributed by atoms with Crippen molar-refractivity contribution in [3.8, 4) is 17.2 Å². The van der Waals surface area contributed by atoms with E-state index in [9.17, 15) is 18.0 Å². The maximum absolute atomic E-state index is 12.9. The van der Waals surface area contributed by atoms with Crippen LogP contribution in [0.2, 0.25) is 0 Å². The first kappa shape index (κ1) is 24.6. The molecule has 0 aliphatic rings. The zero-order valence-corrected chi connectivity index (χ0v) is 18.8. The van der Waals surface area contributed by atoms with Gasteiger partial charge in [0, 0.05) is 9.79 Å². The number of rotatable bonds is 8. The zero-order valence-electron chi connectivity index (χ0n) is 17.9. The third-order valence-electron chi connectivity index (χ3n) is 4.33. The van der Waals surface area contributed by atoms with Crippen LogP contribution in [0.15, 0.2) is 70.5 Å². The summed E-state index contributed by atoms with van der Waals surface area (Å²) in [5, 5.41) is 0. The fourth-order valence-electron chi connectivity index (χ4n) is 2.91. The van der Waals surface area contributed by atoms with E-state index in [4.69, 9.17) is 22.1 Å². The monoisotopic (exact) mass is 472 g/mol. The molecule has 0 saturated carbocycles. The lowest BCUT2D eigenvalue weighted by atomic mass is 9.96. The molecule has 2 radical (unpaired) electrons. The molecular formula is C24H20BF3O4S. The number of alkyl halides is 3. The van der Waals surface area contributed by atoms with Crippen LogP contribution >= 0.6 is 11.8 Å². The van der Waals surface area contributed by atoms with Crippen LogP contribution in [0.1, 0.15) is 18.1 Å². The lowest BCUT2D eigenvalue weighted by molar-refractivity contribution is -0.145. The Bertz CT molecular complexity index is 1130. The van der Waals surface area contributed by atoms with Crippen molar-refractivity contribution in [2.24, 2.45) is 0 Å². The lowest BCUT2D eigenvalue weighted by Gasteiger charge is -2.13. The Balaban J connectivity index is 1.72. The summed E-state index contributed by atoms with van der Waals surface area (Å²) in [6, 6.07) is 15.1. The molecule has 3 aromatic carbocycles. The number of hydrogen-bond acceptors (Lipinski definition) is 5. The molecule has 0 saturated heterocycles. The number of aryl methyl sites for hydroxylation is 1. The summed E-state index contributed by atoms with van der Waals surface area (Å²) < 4.78 is 54.8. The van der Waals surface area contributed by atoms with Gasteiger partial charge in [0.1, 0.15) is 25.1 Å². The number of halogens is 3. The topological polar surface area (TPSA) is 44.8 Å². The lowest BCUT2D eigenvalue weighted by Crippen LogP contribution is -2.14. The van der Waals surface area contributed by atoms with Gasteiger partial charge >= 0.3 is 12.1 Å². The fraction of sp³-hybridized carbons (Fsp3) is 0.208. The molecule has 0 aliphatic heterocycles. The SMILES string of the molecule is [B]c1cc(Oc2cccc(C(F)(F)F)c2)cc(Sc2ccc(OCC(=O)OCC)c(C)c2)c1. The van der Waals surface area contributed by atoms with Gasteiger partial charge in [-0.05, 0) is 67.9 Å². The second-order valence-corrected chi connectivity index (χ2v) is 8.14. The Morgan fingerprint density at radius 1 is 1.00 bits per heavy atom. The summed E-state index contributed by atoms with van der Waals surface area (Å²) in [7, 11) is 5.98. The predicted molar refractivity (Wildman–Crippen MR) is 121 cm³/mol. The van der Waals surface area contributed by atoms with Gasteiger partial charge in [0.25, 0.3) is 0 Å². The molecule has 0 fully saturated rings. The minimum absolute atomic E-state index is 0.0605. The molecule has 0 unspecified atom stereocenters. The van der Waals surface area contributed by atoms with Gasteiger partial charge in [0.05, 0.1) is 12.2 Å². The van der Waals surface area contributed by atoms with Crippen molar-refractivity contribution >= 4 is 31.0 Å². The Labute approximate surface area is 195 Å². The van der Waals surface area contributed by atoms with E-state index in [1.807, 2.05) is 19.1 Å². The summed E-state index contributed by atoms with van der Waals surface area (Å²) in [6.45, 7) is 3.69. The van der Waals surface area contributed by atoms with Crippen molar-refractivity contribution in [2.75, 3.05) is 13.2 Å². The van der Waals surface area contributed by atoms with Gasteiger partial charge in [0.2, 0.25) is 0 Å². The molecule has 0 spiro atoms. The molecule has 0 bridgehead atoms. The van der Waals surface area contributed by atoms with E-state index >= 15 is 0 Å². The standard InChI is InChI=1S/C24H20BF3O4S/c1-3-30-23(29)14-31-22-8-7-20(9-15(22)2)33-21-12-17(25)11-19(13-21)32-18-6-4-5-16(10-18)24(26,27)28/h4-13H,3,14H2,1-2H3. The molecule has 0 aliphatic carbocycles. The molecule has 3 aromatic rings. The van der Waals surface area contributed by atoms with Crippen molar-refractivity contribution in [1.29, 1.82) is 0 Å². The number of hydrogen-bond donors (Lipinski definition) is 0. The first-order valence-corrected chi connectivity index (χ1v) is 10.8. The Morgan fingerprint density at radius 3 is 2.48 bits per heavy atom. The summed E-state index contributed by atoms with van der Waals surface area (Å²) in [5.74, 6) is 0.505. The molecule has 0 heterocycles. The number of benzene rings is 3. The van der Waals surface area contributed by atoms with Crippen molar-refractivity contribution in [1.82, 2.24) is 0 Å². The number of esters is 1. The molecule has 0 N–H and O–H groups in total. The highest BCUT2D eigenvalue weighted by Gasteiger charge is 2.30. The van der Waals surface area contributed by atoms with Crippen LogP contribution in [0.3, 0.4) is 0 Å². The Morgan fingerprint density at radius 2 is 1.79 bits per heavy atom. The smallest absolute Gasteiger partial charge is 0.416 e. The first-order valence-electron chi connectivity index (χ1n) is 9.96. The van der Waals surface area contributed by atoms with Gasteiger partial charge in [-0.1, -0.05) is 29.4 Å². The van der Waals surface area contributed by atoms with Crippen LogP contribution in [-0.4, -0.2) is 27.0 Å². The number of ether oxygens (including phenoxy) is 3. The summed E-state index contributed by atoms with van der Waals surface area (Å²) in [4.78, 5) is 13.1. The van der Waals surface area contributed by atoms with Gasteiger partial charge in [-0.15, -0.1) is 0 Å². The van der Waals surface area contributed by atoms with Gasteiger partial charge in [-0.3, -0.25) is 0 Å². The van der Waals surface area contributed by atoms with E-state index < -0.39 is 17.7 Å². The molecule has 0 atom stereocenters. The second-order valence-electron chi connectivity index (χ2n) is 6.99. The molecule has 4 nitrogen and oxygen atoms in total. The largest absolute Gasteiger partial charge is 0.482 e. The van der Waals surface area contributed by atoms with Gasteiger partial charge in [-0.2, -0.15) is 13.2 Å². The van der Waals surface area contributed by atoms with Crippen LogP contribution in [0.5, 0.6) is 17.2 Å². The third-order valence-corrected chi connectivity index (χ3v) is 5.29. The Kier molecular flexibility index (Phi) is 7.97. The zero-order chi connectivity index (χ0) is 24.0. The summed E-state index contributed by atoms with van der Waals surface area (Å²) in [6.07, 6.45) is -4.46. The fourth-order valence-corrected chi connectivity index (χ4v) is 3.92. The van der Waals surface area contributed by atoms with Crippen LogP contribution in [0.25, 0.3) is 0 Å². The molecule has 0 aromatic heterocycles. The van der Waals surface area contributed by atoms with Crippen LogP contribution in [0, 0.1) is 6.92 Å². The maximum Gasteiger partial charge on any atom is 0.416 e. The van der Waals surface area contributed by atoms with E-state index in [1.54, 1.807) is 31.2 Å². The van der Waals surface area contributed by atoms with E-state index in [2.05, 4.69) is 0 Å². The van der Waals surface area contributed by atoms with E-state index in [-0.39, 0.29) is 19.0 Å². The highest BCUT2D eigenvalue weighted by Crippen LogP contribution is 2.35. The van der Waals surface area contributed by atoms with Crippen molar-refractivity contribution in [2.45, 2.75) is 29.8 Å². The molecule has 33 heavy (non-hydrogen) atoms. The average molecular weight is 472 g/mol. The van der Waals surface area contributed by atoms with Crippen LogP contribution in [0.4, 0.5) is 13.2 Å². The number of carbonyl (C=O) groups is 1. The first-order chi connectivity index (χ1) is 15.6. The van der Waals surface area contributed by atoms with Crippen molar-refractivity contribution in [3.05, 3.63) is 71.8 Å². The quantitative estimate of drug-likeness (QED) is 0.311. The van der Waals surface area contributed by atoms with Crippen molar-refractivity contribution < 1.29 is 32.2 Å². The summed E-state index contributed by atoms with van der Waals surface area (Å²) >= 11 is 1.40. The second kappa shape index (κ2) is 10.7. The van der Waals surface area contributed by atoms with Gasteiger partial charge in [-0.25, -0.2) is 4.79 Å². The van der Waals surface area contributed by atoms with Crippen LogP contribution < -0.4 is 14.9 Å². The molecule has 170 valence electrons. The molecule has 3 rings (SSSR count). The van der Waals surface area contributed by atoms with E-state index in [0.717, 1.165) is 27.5 Å². The van der Waals surface area contributed by atoms with E-state index in [0.29, 0.717) is 17.0 Å². The molecule has 0 amide bonds. The van der Waals surface area contributed by atoms with Gasteiger partial charge in [0.15, 0.2) is 6.61 Å². The number of carbonyl (C=O) groups excluding carboxylic acids is 1. The minimum atomic E-state index is -4.46. The highest BCUT2D eigenvalue weighted by atomic mass is 32.2. The summed E-state index contributed by atoms with van der Waals surface area (Å²) in [5.41, 5.74) is 0.445. The maximum atomic E-state index is 12.9. The highest BCUT2D eigenvalue weighted by molar-refractivity contribution is 7.99. The minimum Gasteiger partial charge on any atom is -0.482 e. The Hall–Kier alpha value is -3.07. The molecule has 9 heteroatoms. The van der Waals surface area contributed by atoms with Crippen LogP contribution in [-0.2, 0) is 15.7 Å².